The summed E-state index contributed by atoms with van der Waals surface area (Å²) in [4.78, 5) is 47.8. The number of benzene rings is 1. The molecule has 0 spiro atoms. The summed E-state index contributed by atoms with van der Waals surface area (Å²) in [6.45, 7) is 5.80. The number of carbonyl (C=O) groups excluding carboxylic acids is 2. The highest BCUT2D eigenvalue weighted by Crippen LogP contribution is 2.18. The molecule has 8 nitrogen and oxygen atoms in total. The van der Waals surface area contributed by atoms with Crippen molar-refractivity contribution in [3.8, 4) is 0 Å². The van der Waals surface area contributed by atoms with Crippen molar-refractivity contribution in [2.45, 2.75) is 39.2 Å². The van der Waals surface area contributed by atoms with Gasteiger partial charge in [-0.2, -0.15) is 0 Å². The fourth-order valence-corrected chi connectivity index (χ4v) is 4.35. The van der Waals surface area contributed by atoms with Crippen LogP contribution >= 0.6 is 0 Å². The second-order valence-electron chi connectivity index (χ2n) is 8.07. The first-order valence-corrected chi connectivity index (χ1v) is 10.8. The minimum absolute atomic E-state index is 0.0190. The van der Waals surface area contributed by atoms with Gasteiger partial charge in [-0.1, -0.05) is 12.1 Å². The second kappa shape index (κ2) is 8.85. The van der Waals surface area contributed by atoms with Crippen LogP contribution in [0.4, 0.5) is 5.82 Å². The van der Waals surface area contributed by atoms with Gasteiger partial charge in [0, 0.05) is 59.2 Å². The third-order valence-corrected chi connectivity index (χ3v) is 6.12. The first-order chi connectivity index (χ1) is 14.5. The van der Waals surface area contributed by atoms with Crippen LogP contribution in [0.25, 0.3) is 11.0 Å². The zero-order valence-electron chi connectivity index (χ0n) is 17.5. The third-order valence-electron chi connectivity index (χ3n) is 6.12. The largest absolute Gasteiger partial charge is 0.352 e. The van der Waals surface area contributed by atoms with Gasteiger partial charge in [-0.15, -0.1) is 0 Å². The fourth-order valence-electron chi connectivity index (χ4n) is 4.35. The Balaban J connectivity index is 1.53. The molecule has 2 amide bonds. The van der Waals surface area contributed by atoms with Gasteiger partial charge in [-0.3, -0.25) is 14.4 Å². The second-order valence-corrected chi connectivity index (χ2v) is 8.07. The first kappa shape index (κ1) is 20.4. The first-order valence-electron chi connectivity index (χ1n) is 10.8. The monoisotopic (exact) mass is 411 g/mol. The lowest BCUT2D eigenvalue weighted by atomic mass is 10.1. The molecule has 0 atom stereocenters. The van der Waals surface area contributed by atoms with Crippen molar-refractivity contribution in [3.63, 3.8) is 0 Å². The molecule has 0 bridgehead atoms. The summed E-state index contributed by atoms with van der Waals surface area (Å²) in [6, 6.07) is 7.62. The number of anilines is 1. The highest BCUT2D eigenvalue weighted by Gasteiger charge is 2.23. The van der Waals surface area contributed by atoms with Crippen LogP contribution in [0.15, 0.2) is 29.1 Å². The van der Waals surface area contributed by atoms with Gasteiger partial charge in [-0.05, 0) is 31.4 Å². The van der Waals surface area contributed by atoms with E-state index in [2.05, 4.69) is 9.88 Å². The van der Waals surface area contributed by atoms with Crippen molar-refractivity contribution in [3.05, 3.63) is 34.6 Å². The maximum absolute atomic E-state index is 13.3. The quantitative estimate of drug-likeness (QED) is 0.761. The summed E-state index contributed by atoms with van der Waals surface area (Å²) >= 11 is 0. The standard InChI is InChI=1S/C22H29N5O3/c1-17(28)24-13-15-25(16-14-24)20(29)9-12-27-19-8-4-3-7-18(19)23-21(22(27)30)26-10-5-2-6-11-26/h3-4,7-8H,2,5-6,9-16H2,1H3. The smallest absolute Gasteiger partial charge is 0.294 e. The summed E-state index contributed by atoms with van der Waals surface area (Å²) in [5, 5.41) is 0. The molecule has 4 rings (SSSR count). The van der Waals surface area contributed by atoms with Crippen molar-refractivity contribution < 1.29 is 9.59 Å². The van der Waals surface area contributed by atoms with Crippen LogP contribution in [-0.2, 0) is 16.1 Å². The number of aryl methyl sites for hydroxylation is 1. The average molecular weight is 412 g/mol. The number of piperidine rings is 1. The zero-order valence-corrected chi connectivity index (χ0v) is 17.5. The summed E-state index contributed by atoms with van der Waals surface area (Å²) in [5.41, 5.74) is 1.42. The van der Waals surface area contributed by atoms with Crippen LogP contribution < -0.4 is 10.5 Å². The number of hydrogen-bond donors (Lipinski definition) is 0. The molecule has 2 saturated heterocycles. The highest BCUT2D eigenvalue weighted by molar-refractivity contribution is 5.79. The number of amides is 2. The van der Waals surface area contributed by atoms with Gasteiger partial charge in [0.25, 0.3) is 5.56 Å². The molecule has 2 aromatic rings. The van der Waals surface area contributed by atoms with Gasteiger partial charge in [0.2, 0.25) is 11.8 Å². The molecule has 0 unspecified atom stereocenters. The Morgan fingerprint density at radius 3 is 2.30 bits per heavy atom. The average Bonchev–Trinajstić information content (AvgIpc) is 2.78. The number of fused-ring (bicyclic) bond motifs is 1. The van der Waals surface area contributed by atoms with E-state index in [9.17, 15) is 14.4 Å². The van der Waals surface area contributed by atoms with Crippen molar-refractivity contribution in [1.29, 1.82) is 0 Å². The molecule has 160 valence electrons. The van der Waals surface area contributed by atoms with Crippen molar-refractivity contribution >= 4 is 28.7 Å². The van der Waals surface area contributed by atoms with E-state index in [0.29, 0.717) is 38.5 Å². The minimum Gasteiger partial charge on any atom is -0.352 e. The van der Waals surface area contributed by atoms with Crippen LogP contribution in [0.3, 0.4) is 0 Å². The summed E-state index contributed by atoms with van der Waals surface area (Å²) in [5.74, 6) is 0.559. The maximum Gasteiger partial charge on any atom is 0.294 e. The summed E-state index contributed by atoms with van der Waals surface area (Å²) in [6.07, 6.45) is 3.58. The predicted molar refractivity (Wildman–Crippen MR) is 116 cm³/mol. The summed E-state index contributed by atoms with van der Waals surface area (Å²) in [7, 11) is 0. The van der Waals surface area contributed by atoms with E-state index < -0.39 is 0 Å². The lowest BCUT2D eigenvalue weighted by Crippen LogP contribution is -2.50. The van der Waals surface area contributed by atoms with E-state index >= 15 is 0 Å². The Bertz CT molecular complexity index is 988. The van der Waals surface area contributed by atoms with Gasteiger partial charge in [0.15, 0.2) is 5.82 Å². The Morgan fingerprint density at radius 2 is 1.60 bits per heavy atom. The van der Waals surface area contributed by atoms with Crippen LogP contribution in [0.5, 0.6) is 0 Å². The Morgan fingerprint density at radius 1 is 0.933 bits per heavy atom. The highest BCUT2D eigenvalue weighted by atomic mass is 16.2. The Hall–Kier alpha value is -2.90. The number of carbonyl (C=O) groups is 2. The lowest BCUT2D eigenvalue weighted by molar-refractivity contribution is -0.138. The molecule has 0 N–H and O–H groups in total. The number of hydrogen-bond acceptors (Lipinski definition) is 5. The molecule has 8 heteroatoms. The third kappa shape index (κ3) is 4.17. The van der Waals surface area contributed by atoms with Crippen molar-refractivity contribution in [2.75, 3.05) is 44.2 Å². The molecule has 1 aromatic carbocycles. The molecule has 30 heavy (non-hydrogen) atoms. The zero-order chi connectivity index (χ0) is 21.1. The fraction of sp³-hybridized carbons (Fsp3) is 0.545. The normalized spacial score (nSPS) is 17.4. The van der Waals surface area contributed by atoms with Crippen LogP contribution in [0.1, 0.15) is 32.6 Å². The SMILES string of the molecule is CC(=O)N1CCN(C(=O)CCn2c(=O)c(N3CCCCC3)nc3ccccc32)CC1. The van der Waals surface area contributed by atoms with Crippen LogP contribution in [0.2, 0.25) is 0 Å². The molecule has 0 radical (unpaired) electrons. The maximum atomic E-state index is 13.3. The number of nitrogens with zero attached hydrogens (tertiary/aromatic N) is 5. The topological polar surface area (TPSA) is 78.8 Å². The van der Waals surface area contributed by atoms with Crippen molar-refractivity contribution in [1.82, 2.24) is 19.4 Å². The molecule has 0 saturated carbocycles. The summed E-state index contributed by atoms with van der Waals surface area (Å²) < 4.78 is 1.70. The van der Waals surface area contributed by atoms with Crippen molar-refractivity contribution in [2.24, 2.45) is 0 Å². The minimum atomic E-state index is -0.121. The van der Waals surface area contributed by atoms with E-state index in [1.807, 2.05) is 24.3 Å². The molecule has 0 aliphatic carbocycles. The van der Waals surface area contributed by atoms with Gasteiger partial charge >= 0.3 is 0 Å². The Kier molecular flexibility index (Phi) is 6.01. The lowest BCUT2D eigenvalue weighted by Gasteiger charge is -2.34. The molecular formula is C22H29N5O3. The van der Waals surface area contributed by atoms with E-state index in [1.165, 1.54) is 6.42 Å². The predicted octanol–water partition coefficient (Wildman–Crippen LogP) is 1.47. The number of piperazine rings is 1. The van der Waals surface area contributed by atoms with E-state index in [4.69, 9.17) is 0 Å². The number of aromatic nitrogens is 2. The molecule has 1 aromatic heterocycles. The number of para-hydroxylation sites is 2. The van der Waals surface area contributed by atoms with Gasteiger partial charge in [-0.25, -0.2) is 4.98 Å². The van der Waals surface area contributed by atoms with Crippen LogP contribution in [-0.4, -0.2) is 70.4 Å². The molecule has 2 aliphatic rings. The Labute approximate surface area is 176 Å². The van der Waals surface area contributed by atoms with E-state index in [0.717, 1.165) is 37.0 Å². The molecular weight excluding hydrogens is 382 g/mol. The van der Waals surface area contributed by atoms with Crippen LogP contribution in [0, 0.1) is 0 Å². The van der Waals surface area contributed by atoms with E-state index in [1.54, 1.807) is 21.3 Å². The van der Waals surface area contributed by atoms with E-state index in [-0.39, 0.29) is 23.8 Å². The van der Waals surface area contributed by atoms with Gasteiger partial charge in [0.1, 0.15) is 0 Å². The molecule has 3 heterocycles. The van der Waals surface area contributed by atoms with Gasteiger partial charge < -0.3 is 19.3 Å². The molecule has 2 fully saturated rings. The van der Waals surface area contributed by atoms with Gasteiger partial charge in [0.05, 0.1) is 11.0 Å². The molecule has 2 aliphatic heterocycles. The number of rotatable bonds is 4.